The quantitative estimate of drug-likeness (QED) is 0.415. The molecule has 2 N–H and O–H groups in total. The van der Waals surface area contributed by atoms with Gasteiger partial charge in [-0.25, -0.2) is 4.39 Å². The van der Waals surface area contributed by atoms with Crippen LogP contribution in [0.1, 0.15) is 62.5 Å². The van der Waals surface area contributed by atoms with Crippen LogP contribution in [0, 0.1) is 11.2 Å². The summed E-state index contributed by atoms with van der Waals surface area (Å²) in [6.45, 7) is 8.40. The average molecular weight is 546 g/mol. The van der Waals surface area contributed by atoms with Crippen LogP contribution in [-0.4, -0.2) is 30.4 Å². The summed E-state index contributed by atoms with van der Waals surface area (Å²) < 4.78 is 20.6. The van der Waals surface area contributed by atoms with Crippen molar-refractivity contribution in [1.29, 1.82) is 0 Å². The highest BCUT2D eigenvalue weighted by Gasteiger charge is 2.38. The van der Waals surface area contributed by atoms with E-state index in [9.17, 15) is 18.8 Å². The minimum atomic E-state index is -1.07. The molecule has 40 heavy (non-hydrogen) atoms. The third kappa shape index (κ3) is 7.33. The second-order valence-electron chi connectivity index (χ2n) is 11.3. The molecule has 1 heterocycles. The molecule has 0 saturated carbocycles. The lowest BCUT2D eigenvalue weighted by Crippen LogP contribution is -2.45. The molecule has 0 aromatic heterocycles. The molecule has 210 valence electrons. The maximum atomic E-state index is 14.1. The Balaban J connectivity index is 1.67. The zero-order valence-electron chi connectivity index (χ0n) is 23.4. The van der Waals surface area contributed by atoms with E-state index in [0.29, 0.717) is 18.7 Å². The molecule has 0 radical (unpaired) electrons. The molecule has 0 saturated heterocycles. The Morgan fingerprint density at radius 2 is 1.68 bits per heavy atom. The summed E-state index contributed by atoms with van der Waals surface area (Å²) in [6.07, 6.45) is -1.92. The van der Waals surface area contributed by atoms with Crippen molar-refractivity contribution in [1.82, 2.24) is 10.6 Å². The molecule has 0 spiro atoms. The van der Waals surface area contributed by atoms with Gasteiger partial charge < -0.3 is 20.3 Å². The van der Waals surface area contributed by atoms with Gasteiger partial charge in [-0.2, -0.15) is 0 Å². The van der Waals surface area contributed by atoms with E-state index in [1.54, 1.807) is 23.1 Å². The van der Waals surface area contributed by atoms with Crippen LogP contribution in [0.5, 0.6) is 0 Å². The first-order chi connectivity index (χ1) is 19.0. The van der Waals surface area contributed by atoms with Gasteiger partial charge in [-0.1, -0.05) is 81.4 Å². The molecule has 1 aliphatic heterocycles. The van der Waals surface area contributed by atoms with Crippen molar-refractivity contribution in [2.45, 2.75) is 59.4 Å². The number of hydrogen-bond donors (Lipinski definition) is 2. The third-order valence-electron chi connectivity index (χ3n) is 6.58. The van der Waals surface area contributed by atoms with Gasteiger partial charge in [0.25, 0.3) is 5.91 Å². The summed E-state index contributed by atoms with van der Waals surface area (Å²) in [6, 6.07) is 21.5. The molecule has 2 unspecified atom stereocenters. The van der Waals surface area contributed by atoms with Crippen molar-refractivity contribution in [2.24, 2.45) is 5.41 Å². The number of halogens is 1. The van der Waals surface area contributed by atoms with Crippen LogP contribution in [0.4, 0.5) is 10.1 Å². The number of amides is 3. The Labute approximate surface area is 234 Å². The second-order valence-corrected chi connectivity index (χ2v) is 11.3. The molecule has 2 atom stereocenters. The van der Waals surface area contributed by atoms with Crippen molar-refractivity contribution in [3.05, 3.63) is 101 Å². The van der Waals surface area contributed by atoms with E-state index in [4.69, 9.17) is 4.74 Å². The maximum Gasteiger partial charge on any atom is 0.256 e. The molecular formula is C32H36FN3O4. The summed E-state index contributed by atoms with van der Waals surface area (Å²) >= 11 is 0. The maximum absolute atomic E-state index is 14.1. The lowest BCUT2D eigenvalue weighted by molar-refractivity contribution is -0.138. The third-order valence-corrected chi connectivity index (χ3v) is 6.58. The minimum Gasteiger partial charge on any atom is -0.355 e. The molecule has 0 fully saturated rings. The number of fused-ring (bicyclic) bond motifs is 1. The Morgan fingerprint density at radius 3 is 2.40 bits per heavy atom. The van der Waals surface area contributed by atoms with E-state index in [0.717, 1.165) is 22.4 Å². The van der Waals surface area contributed by atoms with Gasteiger partial charge in [-0.15, -0.1) is 0 Å². The molecule has 1 aliphatic rings. The monoisotopic (exact) mass is 545 g/mol. The molecule has 0 aliphatic carbocycles. The van der Waals surface area contributed by atoms with Crippen LogP contribution < -0.4 is 15.5 Å². The minimum absolute atomic E-state index is 0.00692. The standard InChI is InChI=1S/C32H36FN3O4/c1-21(37)34-18-22-10-9-12-23(16-22)30-25-13-6-8-15-27(25)36(20-32(2,3)4)31(39)28(40-30)17-29(38)35-19-24-11-5-7-14-26(24)33/h5-16,28,30H,17-20H2,1-4H3,(H,34,37)(H,35,38). The lowest BCUT2D eigenvalue weighted by atomic mass is 9.94. The predicted molar refractivity (Wildman–Crippen MR) is 152 cm³/mol. The fraction of sp³-hybridized carbons (Fsp3) is 0.344. The first-order valence-electron chi connectivity index (χ1n) is 13.4. The first kappa shape index (κ1) is 29.0. The molecule has 7 nitrogen and oxygen atoms in total. The van der Waals surface area contributed by atoms with E-state index in [-0.39, 0.29) is 30.2 Å². The summed E-state index contributed by atoms with van der Waals surface area (Å²) in [4.78, 5) is 40.2. The number of nitrogens with one attached hydrogen (secondary N) is 2. The highest BCUT2D eigenvalue weighted by Crippen LogP contribution is 2.39. The van der Waals surface area contributed by atoms with E-state index in [1.807, 2.05) is 69.3 Å². The Kier molecular flexibility index (Phi) is 9.00. The molecule has 3 aromatic rings. The zero-order chi connectivity index (χ0) is 28.9. The van der Waals surface area contributed by atoms with Crippen LogP contribution >= 0.6 is 0 Å². The van der Waals surface area contributed by atoms with Gasteiger partial charge in [-0.3, -0.25) is 14.4 Å². The van der Waals surface area contributed by atoms with Gasteiger partial charge >= 0.3 is 0 Å². The van der Waals surface area contributed by atoms with Crippen molar-refractivity contribution < 1.29 is 23.5 Å². The zero-order valence-corrected chi connectivity index (χ0v) is 23.4. The van der Waals surface area contributed by atoms with Crippen LogP contribution in [0.25, 0.3) is 0 Å². The molecule has 3 amide bonds. The smallest absolute Gasteiger partial charge is 0.256 e. The highest BCUT2D eigenvalue weighted by atomic mass is 19.1. The molecule has 4 rings (SSSR count). The summed E-state index contributed by atoms with van der Waals surface area (Å²) in [5.74, 6) is -1.26. The molecule has 8 heteroatoms. The van der Waals surface area contributed by atoms with E-state index in [1.165, 1.54) is 13.0 Å². The van der Waals surface area contributed by atoms with Crippen LogP contribution in [0.3, 0.4) is 0 Å². The topological polar surface area (TPSA) is 87.7 Å². The van der Waals surface area contributed by atoms with E-state index in [2.05, 4.69) is 10.6 Å². The number of benzene rings is 3. The van der Waals surface area contributed by atoms with Crippen molar-refractivity contribution >= 4 is 23.4 Å². The molecular weight excluding hydrogens is 509 g/mol. The largest absolute Gasteiger partial charge is 0.355 e. The van der Waals surface area contributed by atoms with Gasteiger partial charge in [0.15, 0.2) is 0 Å². The summed E-state index contributed by atoms with van der Waals surface area (Å²) in [7, 11) is 0. The number of carbonyl (C=O) groups excluding carboxylic acids is 3. The summed E-state index contributed by atoms with van der Waals surface area (Å²) in [5.41, 5.74) is 3.37. The number of anilines is 1. The Hall–Kier alpha value is -4.04. The van der Waals surface area contributed by atoms with Crippen molar-refractivity contribution in [3.8, 4) is 0 Å². The van der Waals surface area contributed by atoms with Crippen LogP contribution in [0.2, 0.25) is 0 Å². The number of carbonyl (C=O) groups is 3. The normalized spacial score (nSPS) is 17.1. The van der Waals surface area contributed by atoms with Gasteiger partial charge in [-0.05, 0) is 28.7 Å². The highest BCUT2D eigenvalue weighted by molar-refractivity contribution is 6.00. The second kappa shape index (κ2) is 12.4. The molecule has 0 bridgehead atoms. The van der Waals surface area contributed by atoms with Crippen LogP contribution in [-0.2, 0) is 32.2 Å². The van der Waals surface area contributed by atoms with Gasteiger partial charge in [0, 0.05) is 43.4 Å². The molecule has 3 aromatic carbocycles. The lowest BCUT2D eigenvalue weighted by Gasteiger charge is -2.31. The number of rotatable bonds is 8. The van der Waals surface area contributed by atoms with Crippen molar-refractivity contribution in [2.75, 3.05) is 11.4 Å². The van der Waals surface area contributed by atoms with E-state index < -0.39 is 23.9 Å². The van der Waals surface area contributed by atoms with Gasteiger partial charge in [0.1, 0.15) is 18.0 Å². The Bertz CT molecular complexity index is 1380. The first-order valence-corrected chi connectivity index (χ1v) is 13.4. The van der Waals surface area contributed by atoms with E-state index >= 15 is 0 Å². The summed E-state index contributed by atoms with van der Waals surface area (Å²) in [5, 5.41) is 5.54. The SMILES string of the molecule is CC(=O)NCc1cccc(C2OC(CC(=O)NCc3ccccc3F)C(=O)N(CC(C)(C)C)c3ccccc32)c1. The number of ether oxygens (including phenoxy) is 1. The Morgan fingerprint density at radius 1 is 0.950 bits per heavy atom. The number of para-hydroxylation sites is 1. The van der Waals surface area contributed by atoms with Crippen LogP contribution in [0.15, 0.2) is 72.8 Å². The van der Waals surface area contributed by atoms with Gasteiger partial charge in [0.2, 0.25) is 11.8 Å². The average Bonchev–Trinajstić information content (AvgIpc) is 3.01. The number of nitrogens with zero attached hydrogens (tertiary/aromatic N) is 1. The number of hydrogen-bond acceptors (Lipinski definition) is 4. The fourth-order valence-electron chi connectivity index (χ4n) is 4.74. The van der Waals surface area contributed by atoms with Gasteiger partial charge in [0.05, 0.1) is 6.42 Å². The predicted octanol–water partition coefficient (Wildman–Crippen LogP) is 5.04. The fourth-order valence-corrected chi connectivity index (χ4v) is 4.74. The van der Waals surface area contributed by atoms with Crippen molar-refractivity contribution in [3.63, 3.8) is 0 Å².